The standard InChI is InChI=1S/C13H10Cl2OS2/c1-2-17-11-7-10(18-12(11)13(15)16)8-3-5-9(14)6-4-8/h3-7H,2H2,1H3. The van der Waals surface area contributed by atoms with Crippen LogP contribution in [0.4, 0.5) is 0 Å². The van der Waals surface area contributed by atoms with Gasteiger partial charge in [0, 0.05) is 14.8 Å². The van der Waals surface area contributed by atoms with Gasteiger partial charge in [0.1, 0.15) is 4.88 Å². The Bertz CT molecular complexity index is 561. The molecule has 1 heterocycles. The first kappa shape index (κ1) is 13.9. The first-order chi connectivity index (χ1) is 8.61. The molecule has 2 aromatic rings. The highest BCUT2D eigenvalue weighted by molar-refractivity contribution is 7.99. The van der Waals surface area contributed by atoms with Crippen LogP contribution >= 0.6 is 46.3 Å². The maximum Gasteiger partial charge on any atom is 0.263 e. The second-order valence-electron chi connectivity index (χ2n) is 3.52. The minimum absolute atomic E-state index is 0.392. The Morgan fingerprint density at radius 3 is 2.56 bits per heavy atom. The largest absolute Gasteiger partial charge is 0.275 e. The molecule has 0 aliphatic carbocycles. The van der Waals surface area contributed by atoms with Gasteiger partial charge >= 0.3 is 0 Å². The van der Waals surface area contributed by atoms with Crippen LogP contribution in [-0.4, -0.2) is 11.0 Å². The first-order valence-corrected chi connectivity index (χ1v) is 7.90. The lowest BCUT2D eigenvalue weighted by Crippen LogP contribution is -1.84. The number of benzene rings is 1. The fourth-order valence-corrected chi connectivity index (χ4v) is 3.93. The highest BCUT2D eigenvalue weighted by Crippen LogP contribution is 2.37. The lowest BCUT2D eigenvalue weighted by Gasteiger charge is -1.96. The van der Waals surface area contributed by atoms with Crippen LogP contribution in [0.1, 0.15) is 16.6 Å². The van der Waals surface area contributed by atoms with Crippen molar-refractivity contribution < 1.29 is 4.79 Å². The number of hydrogen-bond acceptors (Lipinski definition) is 3. The summed E-state index contributed by atoms with van der Waals surface area (Å²) >= 11 is 14.5. The van der Waals surface area contributed by atoms with Crippen molar-refractivity contribution >= 4 is 51.5 Å². The minimum Gasteiger partial charge on any atom is -0.275 e. The van der Waals surface area contributed by atoms with Gasteiger partial charge in [-0.3, -0.25) is 4.79 Å². The highest BCUT2D eigenvalue weighted by atomic mass is 35.5. The SMILES string of the molecule is CCSc1cc(-c2ccc(Cl)cc2)sc1C(=O)Cl. The number of thioether (sulfide) groups is 1. The van der Waals surface area contributed by atoms with Gasteiger partial charge in [-0.05, 0) is 41.1 Å². The molecule has 0 unspecified atom stereocenters. The van der Waals surface area contributed by atoms with Gasteiger partial charge in [0.2, 0.25) is 0 Å². The van der Waals surface area contributed by atoms with Crippen molar-refractivity contribution in [3.63, 3.8) is 0 Å². The number of thiophene rings is 1. The lowest BCUT2D eigenvalue weighted by atomic mass is 10.2. The van der Waals surface area contributed by atoms with Gasteiger partial charge in [-0.1, -0.05) is 30.7 Å². The van der Waals surface area contributed by atoms with Gasteiger partial charge in [0.15, 0.2) is 0 Å². The van der Waals surface area contributed by atoms with Crippen LogP contribution < -0.4 is 0 Å². The average molecular weight is 317 g/mol. The van der Waals surface area contributed by atoms with E-state index in [0.717, 1.165) is 21.1 Å². The number of halogens is 2. The normalized spacial score (nSPS) is 10.6. The maximum absolute atomic E-state index is 11.4. The van der Waals surface area contributed by atoms with Crippen LogP contribution in [-0.2, 0) is 0 Å². The fourth-order valence-electron chi connectivity index (χ4n) is 1.53. The summed E-state index contributed by atoms with van der Waals surface area (Å²) in [6, 6.07) is 9.57. The molecule has 2 rings (SSSR count). The predicted octanol–water partition coefficient (Wildman–Crippen LogP) is 5.56. The molecule has 0 amide bonds. The van der Waals surface area contributed by atoms with E-state index in [1.165, 1.54) is 11.3 Å². The van der Waals surface area contributed by atoms with E-state index in [0.29, 0.717) is 9.90 Å². The van der Waals surface area contributed by atoms with Gasteiger partial charge in [0.05, 0.1) is 0 Å². The molecule has 0 saturated heterocycles. The second-order valence-corrected chi connectivity index (χ2v) is 6.66. The van der Waals surface area contributed by atoms with Crippen LogP contribution in [0.5, 0.6) is 0 Å². The van der Waals surface area contributed by atoms with Gasteiger partial charge in [-0.15, -0.1) is 23.1 Å². The Balaban J connectivity index is 2.42. The molecule has 0 bridgehead atoms. The predicted molar refractivity (Wildman–Crippen MR) is 81.3 cm³/mol. The molecule has 1 aromatic heterocycles. The zero-order valence-electron chi connectivity index (χ0n) is 9.57. The summed E-state index contributed by atoms with van der Waals surface area (Å²) in [4.78, 5) is 14.0. The molecule has 0 spiro atoms. The molecule has 0 aliphatic heterocycles. The van der Waals surface area contributed by atoms with E-state index in [4.69, 9.17) is 23.2 Å². The molecule has 0 atom stereocenters. The number of rotatable bonds is 4. The van der Waals surface area contributed by atoms with E-state index in [-0.39, 0.29) is 0 Å². The molecular weight excluding hydrogens is 307 g/mol. The summed E-state index contributed by atoms with van der Waals surface area (Å²) in [5.74, 6) is 0.911. The highest BCUT2D eigenvalue weighted by Gasteiger charge is 2.15. The van der Waals surface area contributed by atoms with E-state index in [9.17, 15) is 4.79 Å². The first-order valence-electron chi connectivity index (χ1n) is 5.34. The monoisotopic (exact) mass is 316 g/mol. The van der Waals surface area contributed by atoms with Gasteiger partial charge in [0.25, 0.3) is 5.24 Å². The lowest BCUT2D eigenvalue weighted by molar-refractivity contribution is 0.108. The van der Waals surface area contributed by atoms with Crippen LogP contribution in [0.25, 0.3) is 10.4 Å². The van der Waals surface area contributed by atoms with Crippen LogP contribution in [0.2, 0.25) is 5.02 Å². The van der Waals surface area contributed by atoms with Crippen molar-refractivity contribution in [2.75, 3.05) is 5.75 Å². The Morgan fingerprint density at radius 1 is 1.33 bits per heavy atom. The zero-order valence-corrected chi connectivity index (χ0v) is 12.7. The summed E-state index contributed by atoms with van der Waals surface area (Å²) < 4.78 is 0. The quantitative estimate of drug-likeness (QED) is 0.542. The molecule has 18 heavy (non-hydrogen) atoms. The molecule has 5 heteroatoms. The van der Waals surface area contributed by atoms with Crippen molar-refractivity contribution in [2.24, 2.45) is 0 Å². The van der Waals surface area contributed by atoms with Crippen molar-refractivity contribution in [1.82, 2.24) is 0 Å². The summed E-state index contributed by atoms with van der Waals surface area (Å²) in [7, 11) is 0. The van der Waals surface area contributed by atoms with Crippen molar-refractivity contribution in [3.8, 4) is 10.4 Å². The van der Waals surface area contributed by atoms with E-state index < -0.39 is 5.24 Å². The molecular formula is C13H10Cl2OS2. The smallest absolute Gasteiger partial charge is 0.263 e. The van der Waals surface area contributed by atoms with Gasteiger partial charge in [-0.25, -0.2) is 0 Å². The molecule has 94 valence electrons. The van der Waals surface area contributed by atoms with Gasteiger partial charge in [-0.2, -0.15) is 0 Å². The number of carbonyl (C=O) groups is 1. The van der Waals surface area contributed by atoms with E-state index >= 15 is 0 Å². The molecule has 0 radical (unpaired) electrons. The van der Waals surface area contributed by atoms with E-state index in [2.05, 4.69) is 0 Å². The van der Waals surface area contributed by atoms with Crippen LogP contribution in [0, 0.1) is 0 Å². The maximum atomic E-state index is 11.4. The van der Waals surface area contributed by atoms with E-state index in [1.807, 2.05) is 37.3 Å². The average Bonchev–Trinajstić information content (AvgIpc) is 2.75. The van der Waals surface area contributed by atoms with E-state index in [1.54, 1.807) is 11.8 Å². The minimum atomic E-state index is -0.392. The second kappa shape index (κ2) is 6.11. The topological polar surface area (TPSA) is 17.1 Å². The van der Waals surface area contributed by atoms with Crippen molar-refractivity contribution in [3.05, 3.63) is 40.2 Å². The molecule has 1 nitrogen and oxygen atoms in total. The van der Waals surface area contributed by atoms with Gasteiger partial charge < -0.3 is 0 Å². The molecule has 0 N–H and O–H groups in total. The zero-order chi connectivity index (χ0) is 13.1. The molecule has 1 aromatic carbocycles. The number of carbonyl (C=O) groups excluding carboxylic acids is 1. The Morgan fingerprint density at radius 2 is 2.00 bits per heavy atom. The number of hydrogen-bond donors (Lipinski definition) is 0. The Kier molecular flexibility index (Phi) is 4.73. The van der Waals surface area contributed by atoms with Crippen LogP contribution in [0.3, 0.4) is 0 Å². The Labute approximate surface area is 124 Å². The van der Waals surface area contributed by atoms with Crippen molar-refractivity contribution in [2.45, 2.75) is 11.8 Å². The summed E-state index contributed by atoms with van der Waals surface area (Å²) in [6.07, 6.45) is 0. The van der Waals surface area contributed by atoms with Crippen molar-refractivity contribution in [1.29, 1.82) is 0 Å². The third kappa shape index (κ3) is 3.09. The molecule has 0 aliphatic rings. The fraction of sp³-hybridized carbons (Fsp3) is 0.154. The third-order valence-electron chi connectivity index (χ3n) is 2.31. The third-order valence-corrected chi connectivity index (χ3v) is 5.09. The molecule has 0 saturated carbocycles. The summed E-state index contributed by atoms with van der Waals surface area (Å²) in [5, 5.41) is 0.309. The summed E-state index contributed by atoms with van der Waals surface area (Å²) in [5.41, 5.74) is 1.05. The summed E-state index contributed by atoms with van der Waals surface area (Å²) in [6.45, 7) is 2.05. The Hall–Kier alpha value is -0.480. The van der Waals surface area contributed by atoms with Crippen LogP contribution in [0.15, 0.2) is 35.2 Å². The molecule has 0 fully saturated rings.